The van der Waals surface area contributed by atoms with Crippen molar-refractivity contribution in [1.29, 1.82) is 0 Å². The first-order valence-corrected chi connectivity index (χ1v) is 10.8. The molecule has 0 saturated carbocycles. The summed E-state index contributed by atoms with van der Waals surface area (Å²) in [7, 11) is 1.81. The molecule has 7 heteroatoms. The summed E-state index contributed by atoms with van der Waals surface area (Å²) in [5.74, 6) is 1.92. The zero-order valence-corrected chi connectivity index (χ0v) is 20.1. The lowest BCUT2D eigenvalue weighted by molar-refractivity contribution is 0.726. The van der Waals surface area contributed by atoms with Crippen molar-refractivity contribution in [3.8, 4) is 0 Å². The minimum atomic E-state index is 0. The number of thiophene rings is 1. The van der Waals surface area contributed by atoms with Crippen molar-refractivity contribution in [1.82, 2.24) is 15.6 Å². The Kier molecular flexibility index (Phi) is 10.0. The van der Waals surface area contributed by atoms with Crippen LogP contribution in [0.1, 0.15) is 47.9 Å². The quantitative estimate of drug-likeness (QED) is 0.338. The van der Waals surface area contributed by atoms with Gasteiger partial charge in [0.25, 0.3) is 0 Å². The zero-order valence-electron chi connectivity index (χ0n) is 16.9. The molecule has 3 rings (SSSR count). The summed E-state index contributed by atoms with van der Waals surface area (Å²) in [5.41, 5.74) is 1.17. The minimum absolute atomic E-state index is 0. The first kappa shape index (κ1) is 22.9. The second-order valence-corrected chi connectivity index (χ2v) is 8.18. The van der Waals surface area contributed by atoms with Crippen LogP contribution in [0, 0.1) is 0 Å². The van der Waals surface area contributed by atoms with Gasteiger partial charge in [-0.15, -0.1) is 35.3 Å². The predicted octanol–water partition coefficient (Wildman–Crippen LogP) is 4.57. The highest BCUT2D eigenvalue weighted by molar-refractivity contribution is 14.0. The number of aliphatic imine (C=N–C) groups is 1. The van der Waals surface area contributed by atoms with E-state index < -0.39 is 0 Å². The van der Waals surface area contributed by atoms with E-state index in [9.17, 15) is 0 Å². The van der Waals surface area contributed by atoms with Gasteiger partial charge in [0.15, 0.2) is 5.96 Å². The van der Waals surface area contributed by atoms with E-state index >= 15 is 0 Å². The van der Waals surface area contributed by atoms with Crippen LogP contribution in [0.25, 0.3) is 0 Å². The molecule has 0 atom stereocenters. The van der Waals surface area contributed by atoms with Crippen LogP contribution < -0.4 is 15.5 Å². The molecule has 0 spiro atoms. The van der Waals surface area contributed by atoms with Gasteiger partial charge < -0.3 is 15.5 Å². The maximum absolute atomic E-state index is 4.68. The third-order valence-corrected chi connectivity index (χ3v) is 6.15. The maximum Gasteiger partial charge on any atom is 0.191 e. The van der Waals surface area contributed by atoms with Gasteiger partial charge in [-0.25, -0.2) is 4.98 Å². The van der Waals surface area contributed by atoms with Crippen LogP contribution in [0.2, 0.25) is 0 Å². The molecule has 1 fully saturated rings. The second-order valence-electron chi connectivity index (χ2n) is 6.93. The van der Waals surface area contributed by atoms with Crippen molar-refractivity contribution < 1.29 is 0 Å². The molecular formula is C21H32IN5S. The van der Waals surface area contributed by atoms with Crippen LogP contribution in [0.5, 0.6) is 0 Å². The summed E-state index contributed by atoms with van der Waals surface area (Å²) in [6.45, 7) is 5.97. The molecule has 28 heavy (non-hydrogen) atoms. The standard InChI is InChI=1S/C21H31N5S.HI/c1-3-18-9-10-19(27-18)16-25-21(22-2)24-15-17-8-11-20(23-14-17)26-12-6-4-5-7-13-26;/h8-11,14H,3-7,12-13,15-16H2,1-2H3,(H2,22,24,25);1H. The van der Waals surface area contributed by atoms with E-state index in [0.717, 1.165) is 44.4 Å². The Morgan fingerprint density at radius 1 is 1.04 bits per heavy atom. The third-order valence-electron chi connectivity index (χ3n) is 4.92. The van der Waals surface area contributed by atoms with Gasteiger partial charge in [0, 0.05) is 42.6 Å². The fourth-order valence-corrected chi connectivity index (χ4v) is 4.19. The van der Waals surface area contributed by atoms with Crippen LogP contribution in [0.15, 0.2) is 35.5 Å². The highest BCUT2D eigenvalue weighted by Crippen LogP contribution is 2.18. The normalized spacial score (nSPS) is 14.9. The van der Waals surface area contributed by atoms with Crippen LogP contribution >= 0.6 is 35.3 Å². The highest BCUT2D eigenvalue weighted by atomic mass is 127. The number of nitrogens with one attached hydrogen (secondary N) is 2. The number of halogens is 1. The third kappa shape index (κ3) is 6.92. The van der Waals surface area contributed by atoms with Gasteiger partial charge in [-0.3, -0.25) is 4.99 Å². The van der Waals surface area contributed by atoms with Crippen molar-refractivity contribution >= 4 is 47.1 Å². The Bertz CT molecular complexity index is 721. The SMILES string of the molecule is CCc1ccc(CNC(=NC)NCc2ccc(N3CCCCCC3)nc2)s1.I. The lowest BCUT2D eigenvalue weighted by Gasteiger charge is -2.21. The fourth-order valence-electron chi connectivity index (χ4n) is 3.29. The van der Waals surface area contributed by atoms with E-state index in [1.54, 1.807) is 0 Å². The molecule has 0 amide bonds. The Hall–Kier alpha value is -1.35. The van der Waals surface area contributed by atoms with E-state index in [2.05, 4.69) is 56.7 Å². The van der Waals surface area contributed by atoms with Crippen LogP contribution in [-0.2, 0) is 19.5 Å². The molecule has 3 heterocycles. The molecule has 1 saturated heterocycles. The Morgan fingerprint density at radius 2 is 1.75 bits per heavy atom. The molecule has 0 unspecified atom stereocenters. The molecule has 154 valence electrons. The Morgan fingerprint density at radius 3 is 2.36 bits per heavy atom. The molecule has 0 aliphatic carbocycles. The van der Waals surface area contributed by atoms with Crippen LogP contribution in [0.3, 0.4) is 0 Å². The first-order chi connectivity index (χ1) is 13.3. The lowest BCUT2D eigenvalue weighted by Crippen LogP contribution is -2.36. The monoisotopic (exact) mass is 513 g/mol. The molecule has 0 radical (unpaired) electrons. The van der Waals surface area contributed by atoms with Gasteiger partial charge in [0.1, 0.15) is 5.82 Å². The summed E-state index contributed by atoms with van der Waals surface area (Å²) in [5, 5.41) is 6.76. The molecule has 0 aromatic carbocycles. The number of anilines is 1. The van der Waals surface area contributed by atoms with E-state index in [0.29, 0.717) is 0 Å². The molecule has 1 aliphatic rings. The highest BCUT2D eigenvalue weighted by Gasteiger charge is 2.10. The number of hydrogen-bond acceptors (Lipinski definition) is 4. The smallest absolute Gasteiger partial charge is 0.191 e. The Balaban J connectivity index is 0.00000280. The van der Waals surface area contributed by atoms with Crippen molar-refractivity contribution in [3.63, 3.8) is 0 Å². The van der Waals surface area contributed by atoms with Gasteiger partial charge in [-0.1, -0.05) is 25.8 Å². The number of guanidine groups is 1. The predicted molar refractivity (Wildman–Crippen MR) is 131 cm³/mol. The number of aryl methyl sites for hydroxylation is 1. The number of rotatable bonds is 6. The average Bonchev–Trinajstić information content (AvgIpc) is 3.00. The van der Waals surface area contributed by atoms with E-state index in [1.807, 2.05) is 24.6 Å². The van der Waals surface area contributed by atoms with Crippen molar-refractivity contribution in [2.45, 2.75) is 52.1 Å². The van der Waals surface area contributed by atoms with Crippen LogP contribution in [0.4, 0.5) is 5.82 Å². The molecule has 1 aliphatic heterocycles. The lowest BCUT2D eigenvalue weighted by atomic mass is 10.2. The van der Waals surface area contributed by atoms with E-state index in [4.69, 9.17) is 0 Å². The summed E-state index contributed by atoms with van der Waals surface area (Å²) < 4.78 is 0. The van der Waals surface area contributed by atoms with Gasteiger partial charge in [0.2, 0.25) is 0 Å². The van der Waals surface area contributed by atoms with Gasteiger partial charge >= 0.3 is 0 Å². The maximum atomic E-state index is 4.68. The topological polar surface area (TPSA) is 52.6 Å². The molecule has 2 N–H and O–H groups in total. The summed E-state index contributed by atoms with van der Waals surface area (Å²) >= 11 is 1.86. The summed E-state index contributed by atoms with van der Waals surface area (Å²) in [6.07, 6.45) is 8.31. The molecule has 0 bridgehead atoms. The number of pyridine rings is 1. The van der Waals surface area contributed by atoms with Crippen molar-refractivity contribution in [3.05, 3.63) is 45.8 Å². The zero-order chi connectivity index (χ0) is 18.9. The molecule has 2 aromatic rings. The van der Waals surface area contributed by atoms with Crippen molar-refractivity contribution in [2.24, 2.45) is 4.99 Å². The average molecular weight is 513 g/mol. The molecule has 2 aromatic heterocycles. The number of hydrogen-bond donors (Lipinski definition) is 2. The van der Waals surface area contributed by atoms with Gasteiger partial charge in [-0.2, -0.15) is 0 Å². The van der Waals surface area contributed by atoms with Crippen LogP contribution in [-0.4, -0.2) is 31.1 Å². The number of aromatic nitrogens is 1. The van der Waals surface area contributed by atoms with Crippen molar-refractivity contribution in [2.75, 3.05) is 25.0 Å². The van der Waals surface area contributed by atoms with E-state index in [1.165, 1.54) is 41.0 Å². The Labute approximate surface area is 190 Å². The summed E-state index contributed by atoms with van der Waals surface area (Å²) in [6, 6.07) is 8.71. The number of nitrogens with zero attached hydrogens (tertiary/aromatic N) is 3. The first-order valence-electron chi connectivity index (χ1n) is 10.0. The fraction of sp³-hybridized carbons (Fsp3) is 0.524. The minimum Gasteiger partial charge on any atom is -0.357 e. The van der Waals surface area contributed by atoms with Gasteiger partial charge in [0.05, 0.1) is 6.54 Å². The van der Waals surface area contributed by atoms with E-state index in [-0.39, 0.29) is 24.0 Å². The second kappa shape index (κ2) is 12.3. The largest absolute Gasteiger partial charge is 0.357 e. The molecular weight excluding hydrogens is 481 g/mol. The summed E-state index contributed by atoms with van der Waals surface area (Å²) in [4.78, 5) is 14.2. The molecule has 5 nitrogen and oxygen atoms in total. The van der Waals surface area contributed by atoms with Gasteiger partial charge in [-0.05, 0) is 43.0 Å².